The third kappa shape index (κ3) is 7.32. The Morgan fingerprint density at radius 3 is 2.27 bits per heavy atom. The summed E-state index contributed by atoms with van der Waals surface area (Å²) in [5.74, 6) is 0.225. The summed E-state index contributed by atoms with van der Waals surface area (Å²) in [5.41, 5.74) is 1.99. The van der Waals surface area contributed by atoms with E-state index in [1.54, 1.807) is 24.3 Å². The number of nitrogens with zero attached hydrogens (tertiary/aromatic N) is 1. The smallest absolute Gasteiger partial charge is 0.257 e. The molecule has 13 nitrogen and oxygen atoms in total. The molecule has 1 heterocycles. The fraction of sp³-hybridized carbons (Fsp3) is 0.739. The Bertz CT molecular complexity index is 2010. The van der Waals surface area contributed by atoms with Gasteiger partial charge in [-0.3, -0.25) is 0 Å². The number of aliphatic hydroxyl groups is 6. The molecule has 1 aliphatic heterocycles. The van der Waals surface area contributed by atoms with Gasteiger partial charge in [0.25, 0.3) is 10.0 Å². The van der Waals surface area contributed by atoms with Crippen molar-refractivity contribution in [2.24, 2.45) is 45.3 Å². The van der Waals surface area contributed by atoms with Crippen molar-refractivity contribution in [1.82, 2.24) is 10.3 Å². The van der Waals surface area contributed by atoms with E-state index in [1.807, 2.05) is 44.1 Å². The molecular weight excluding hydrogens is 787 g/mol. The molecule has 60 heavy (non-hydrogen) atoms. The number of aliphatic hydroxyl groups excluding tert-OH is 6. The molecule has 0 spiro atoms. The van der Waals surface area contributed by atoms with Crippen molar-refractivity contribution in [3.63, 3.8) is 0 Å². The van der Waals surface area contributed by atoms with Gasteiger partial charge < -0.3 is 50.4 Å². The third-order valence-corrected chi connectivity index (χ3v) is 18.5. The average Bonchev–Trinajstić information content (AvgIpc) is 3.59. The van der Waals surface area contributed by atoms with Crippen LogP contribution < -0.4 is 15.2 Å². The second-order valence-electron chi connectivity index (χ2n) is 20.7. The van der Waals surface area contributed by atoms with Crippen LogP contribution in [0.2, 0.25) is 0 Å². The zero-order valence-corrected chi connectivity index (χ0v) is 37.5. The normalized spacial score (nSPS) is 41.3. The highest BCUT2D eigenvalue weighted by Gasteiger charge is 2.71. The summed E-state index contributed by atoms with van der Waals surface area (Å²) in [4.78, 5) is 4.57. The Balaban J connectivity index is 1.13. The molecule has 7 rings (SSSR count). The SMILES string of the molecule is CN(C)c1cccc2c(S(=O)(=O)NN/C=C/CC[C@](C)(O[C@@H]3O[C@H](CO)[C@@H](O)[C@H](O)[C@H]3O)[C@H]3CC[C@]4(C)[C@@H]3[C@H](O)CC3[C@@]5(C)CC[C@H](O)C(C)(C)[C@@H]5CC[C@]34C)cccc12. The van der Waals surface area contributed by atoms with Crippen molar-refractivity contribution < 1.29 is 48.5 Å². The zero-order chi connectivity index (χ0) is 43.8. The lowest BCUT2D eigenvalue weighted by atomic mass is 9.35. The molecule has 5 aliphatic rings. The predicted molar refractivity (Wildman–Crippen MR) is 230 cm³/mol. The Hall–Kier alpha value is -2.37. The summed E-state index contributed by atoms with van der Waals surface area (Å²) in [7, 11) is -0.146. The molecule has 14 heteroatoms. The van der Waals surface area contributed by atoms with Crippen LogP contribution in [-0.2, 0) is 19.5 Å². The molecule has 0 aromatic heterocycles. The highest BCUT2D eigenvalue weighted by molar-refractivity contribution is 7.89. The largest absolute Gasteiger partial charge is 0.394 e. The lowest BCUT2D eigenvalue weighted by Crippen LogP contribution is -2.67. The Labute approximate surface area is 356 Å². The Kier molecular flexibility index (Phi) is 12.4. The minimum Gasteiger partial charge on any atom is -0.394 e. The number of hydrogen-bond donors (Lipinski definition) is 8. The minimum absolute atomic E-state index is 0.0407. The maximum atomic E-state index is 13.5. The minimum atomic E-state index is -3.97. The van der Waals surface area contributed by atoms with Crippen LogP contribution in [0, 0.1) is 45.3 Å². The zero-order valence-electron chi connectivity index (χ0n) is 36.7. The Morgan fingerprint density at radius 2 is 1.57 bits per heavy atom. The summed E-state index contributed by atoms with van der Waals surface area (Å²) in [5, 5.41) is 67.5. The summed E-state index contributed by atoms with van der Waals surface area (Å²) in [6.45, 7) is 13.0. The second kappa shape index (κ2) is 16.3. The lowest BCUT2D eigenvalue weighted by molar-refractivity contribution is -0.336. The van der Waals surface area contributed by atoms with Gasteiger partial charge >= 0.3 is 0 Å². The van der Waals surface area contributed by atoms with E-state index in [0.717, 1.165) is 49.6 Å². The standard InChI is InChI=1S/C46H71N3O10S/c1-42(2)34-18-23-44(4)35(43(34,3)21-19-36(42)52)25-31(51)37-29(17-22-45(37,44)5)46(6,59-41-40(55)39(54)38(53)32(26-50)58-41)20-9-10-24-47-48-60(56,57)33-16-12-13-27-28(33)14-11-15-30(27)49(7)8/h10-16,24,29,31-32,34-41,47-48,50-55H,9,17-23,25-26H2,1-8H3/b24-10+/t29-,31+,32+,34-,35?,36-,37-,38+,39-,40+,41-,43-,44+,45+,46-/m0/s1. The van der Waals surface area contributed by atoms with E-state index in [9.17, 15) is 39.1 Å². The van der Waals surface area contributed by atoms with Gasteiger partial charge in [-0.1, -0.05) is 65.0 Å². The Morgan fingerprint density at radius 1 is 0.883 bits per heavy atom. The van der Waals surface area contributed by atoms with Crippen molar-refractivity contribution in [3.8, 4) is 0 Å². The maximum Gasteiger partial charge on any atom is 0.257 e. The summed E-state index contributed by atoms with van der Waals surface area (Å²) in [6, 6.07) is 10.7. The number of benzene rings is 2. The monoisotopic (exact) mass is 857 g/mol. The lowest BCUT2D eigenvalue weighted by Gasteiger charge is -2.70. The van der Waals surface area contributed by atoms with Crippen molar-refractivity contribution in [3.05, 3.63) is 48.7 Å². The van der Waals surface area contributed by atoms with Crippen LogP contribution in [0.5, 0.6) is 0 Å². The molecule has 4 saturated carbocycles. The van der Waals surface area contributed by atoms with Gasteiger partial charge in [0, 0.05) is 36.8 Å². The number of rotatable bonds is 12. The molecule has 5 fully saturated rings. The third-order valence-electron chi connectivity index (χ3n) is 17.2. The van der Waals surface area contributed by atoms with Gasteiger partial charge in [0.05, 0.1) is 29.3 Å². The first kappa shape index (κ1) is 45.6. The van der Waals surface area contributed by atoms with Crippen LogP contribution in [0.4, 0.5) is 5.69 Å². The van der Waals surface area contributed by atoms with Crippen molar-refractivity contribution in [2.45, 2.75) is 153 Å². The van der Waals surface area contributed by atoms with Gasteiger partial charge in [-0.05, 0) is 122 Å². The first-order chi connectivity index (χ1) is 28.1. The number of ether oxygens (including phenoxy) is 2. The number of sulfonamides is 1. The molecule has 336 valence electrons. The van der Waals surface area contributed by atoms with E-state index in [0.29, 0.717) is 30.6 Å². The van der Waals surface area contributed by atoms with Crippen molar-refractivity contribution in [1.29, 1.82) is 0 Å². The predicted octanol–water partition coefficient (Wildman–Crippen LogP) is 4.57. The number of anilines is 1. The van der Waals surface area contributed by atoms with Gasteiger partial charge in [-0.25, -0.2) is 8.42 Å². The fourth-order valence-corrected chi connectivity index (χ4v) is 14.8. The first-order valence-electron chi connectivity index (χ1n) is 22.0. The first-order valence-corrected chi connectivity index (χ1v) is 23.5. The molecule has 2 aromatic carbocycles. The molecule has 2 aromatic rings. The highest BCUT2D eigenvalue weighted by atomic mass is 32.2. The number of fused-ring (bicyclic) bond motifs is 6. The fourth-order valence-electron chi connectivity index (χ4n) is 13.8. The van der Waals surface area contributed by atoms with Gasteiger partial charge in [0.1, 0.15) is 24.4 Å². The quantitative estimate of drug-likeness (QED) is 0.139. The number of hydrazine groups is 1. The van der Waals surface area contributed by atoms with Crippen molar-refractivity contribution in [2.75, 3.05) is 25.6 Å². The summed E-state index contributed by atoms with van der Waals surface area (Å²) in [6.07, 6.45) is 1.80. The van der Waals surface area contributed by atoms with Gasteiger partial charge in [-0.15, -0.1) is 4.83 Å². The average molecular weight is 858 g/mol. The number of hydrogen-bond acceptors (Lipinski definition) is 12. The van der Waals surface area contributed by atoms with Crippen LogP contribution in [0.3, 0.4) is 0 Å². The molecular formula is C46H71N3O10S. The molecule has 0 amide bonds. The van der Waals surface area contributed by atoms with E-state index in [4.69, 9.17) is 9.47 Å². The van der Waals surface area contributed by atoms with Crippen molar-refractivity contribution >= 4 is 26.5 Å². The van der Waals surface area contributed by atoms with Gasteiger partial charge in [0.2, 0.25) is 0 Å². The summed E-state index contributed by atoms with van der Waals surface area (Å²) < 4.78 is 39.8. The van der Waals surface area contributed by atoms with E-state index in [1.165, 1.54) is 6.20 Å². The molecule has 15 atom stereocenters. The van der Waals surface area contributed by atoms with Gasteiger partial charge in [0.15, 0.2) is 6.29 Å². The van der Waals surface area contributed by atoms with Crippen LogP contribution >= 0.6 is 0 Å². The molecule has 8 N–H and O–H groups in total. The molecule has 0 bridgehead atoms. The molecule has 1 saturated heterocycles. The second-order valence-corrected chi connectivity index (χ2v) is 22.3. The topological polar surface area (TPSA) is 201 Å². The maximum absolute atomic E-state index is 13.5. The van der Waals surface area contributed by atoms with E-state index < -0.39 is 59.0 Å². The number of allylic oxidation sites excluding steroid dienone is 1. The van der Waals surface area contributed by atoms with E-state index in [2.05, 4.69) is 44.9 Å². The van der Waals surface area contributed by atoms with Crippen LogP contribution in [-0.4, -0.2) is 108 Å². The van der Waals surface area contributed by atoms with Gasteiger partial charge in [-0.2, -0.15) is 0 Å². The van der Waals surface area contributed by atoms with E-state index >= 15 is 0 Å². The molecule has 1 unspecified atom stereocenters. The highest BCUT2D eigenvalue weighted by Crippen LogP contribution is 2.76. The van der Waals surface area contributed by atoms with Crippen LogP contribution in [0.15, 0.2) is 53.6 Å². The van der Waals surface area contributed by atoms with Crippen LogP contribution in [0.1, 0.15) is 99.3 Å². The van der Waals surface area contributed by atoms with Crippen LogP contribution in [0.25, 0.3) is 10.8 Å². The van der Waals surface area contributed by atoms with E-state index in [-0.39, 0.29) is 50.4 Å². The molecule has 0 radical (unpaired) electrons. The molecule has 4 aliphatic carbocycles. The number of nitrogens with one attached hydrogen (secondary N) is 2. The summed E-state index contributed by atoms with van der Waals surface area (Å²) >= 11 is 0.